The molecule has 3 aromatic carbocycles. The number of piperidine rings is 1. The number of phenols is 1. The molecule has 8 N–H and O–H groups in total. The monoisotopic (exact) mass is 626 g/mol. The molecule has 46 heavy (non-hydrogen) atoms. The number of carbonyl (C=O) groups excluding carboxylic acids is 1. The van der Waals surface area contributed by atoms with E-state index in [9.17, 15) is 15.0 Å². The minimum atomic E-state index is -1.01. The van der Waals surface area contributed by atoms with Crippen LogP contribution in [0.4, 0.5) is 5.69 Å². The van der Waals surface area contributed by atoms with Crippen molar-refractivity contribution in [2.24, 2.45) is 16.5 Å². The fourth-order valence-electron chi connectivity index (χ4n) is 8.44. The van der Waals surface area contributed by atoms with Gasteiger partial charge in [-0.3, -0.25) is 14.7 Å². The van der Waals surface area contributed by atoms with Crippen LogP contribution in [0.1, 0.15) is 48.8 Å². The number of nitrogens with zero attached hydrogens (tertiary/aromatic N) is 3. The fraction of sp³-hybridized carbons (Fsp3) is 0.444. The zero-order valence-electron chi connectivity index (χ0n) is 26.5. The van der Waals surface area contributed by atoms with Gasteiger partial charge < -0.3 is 37.1 Å². The van der Waals surface area contributed by atoms with Crippen molar-refractivity contribution < 1.29 is 19.7 Å². The number of guanidine groups is 1. The van der Waals surface area contributed by atoms with Gasteiger partial charge in [0.1, 0.15) is 6.10 Å². The zero-order chi connectivity index (χ0) is 32.5. The highest BCUT2D eigenvalue weighted by atomic mass is 16.5. The first-order valence-corrected chi connectivity index (χ1v) is 16.3. The third-order valence-corrected chi connectivity index (χ3v) is 10.6. The average molecular weight is 627 g/mol. The molecule has 5 atom stereocenters. The number of hydrogen-bond donors (Lipinski definition) is 5. The third kappa shape index (κ3) is 5.54. The van der Waals surface area contributed by atoms with Gasteiger partial charge in [0, 0.05) is 30.9 Å². The van der Waals surface area contributed by atoms with Gasteiger partial charge in [-0.1, -0.05) is 54.6 Å². The number of amides is 1. The summed E-state index contributed by atoms with van der Waals surface area (Å²) in [4.78, 5) is 21.8. The molecule has 2 aliphatic carbocycles. The highest BCUT2D eigenvalue weighted by molar-refractivity contribution is 5.79. The molecule has 3 aromatic rings. The second-order valence-electron chi connectivity index (χ2n) is 13.1. The van der Waals surface area contributed by atoms with Crippen LogP contribution in [0, 0.1) is 0 Å². The second-order valence-corrected chi connectivity index (χ2v) is 13.1. The van der Waals surface area contributed by atoms with Crippen LogP contribution < -0.4 is 21.9 Å². The van der Waals surface area contributed by atoms with E-state index in [-0.39, 0.29) is 29.7 Å². The lowest BCUT2D eigenvalue weighted by atomic mass is 9.48. The van der Waals surface area contributed by atoms with Crippen molar-refractivity contribution >= 4 is 17.6 Å². The molecule has 5 unspecified atom stereocenters. The van der Waals surface area contributed by atoms with Crippen LogP contribution >= 0.6 is 0 Å². The van der Waals surface area contributed by atoms with Gasteiger partial charge in [-0.15, -0.1) is 0 Å². The van der Waals surface area contributed by atoms with Crippen molar-refractivity contribution in [3.63, 3.8) is 0 Å². The Kier molecular flexibility index (Phi) is 8.85. The van der Waals surface area contributed by atoms with Gasteiger partial charge in [-0.2, -0.15) is 0 Å². The molecule has 4 aliphatic rings. The maximum Gasteiger partial charge on any atom is 0.227 e. The standard InChI is InChI=1S/C30H39N5O4.C6H7N/c1-34(24(37)17-19-7-3-2-4-8-19)21-11-12-30(38)23-18-20-9-10-22(36)26-25(20)29(30,27(21)39-26)13-16-35(23)15-6-5-14-33-28(31)32;7-6-4-2-1-3-5-6/h2-4,7-10,21,23,27,36,38H,5-6,11-18H2,1H3,(H4,31,32,33);1-5H,7H2. The molecule has 1 spiro atoms. The number of likely N-dealkylation sites (N-methyl/N-ethyl adjacent to an activating group) is 1. The van der Waals surface area contributed by atoms with Gasteiger partial charge in [0.05, 0.1) is 23.5 Å². The van der Waals surface area contributed by atoms with E-state index in [4.69, 9.17) is 21.9 Å². The third-order valence-electron chi connectivity index (χ3n) is 10.6. The Morgan fingerprint density at radius 2 is 1.76 bits per heavy atom. The van der Waals surface area contributed by atoms with Crippen molar-refractivity contribution in [1.29, 1.82) is 0 Å². The van der Waals surface area contributed by atoms with E-state index in [1.54, 1.807) is 6.07 Å². The number of nitrogens with two attached hydrogens (primary N) is 3. The molecule has 2 fully saturated rings. The van der Waals surface area contributed by atoms with Crippen LogP contribution in [-0.4, -0.2) is 82.4 Å². The summed E-state index contributed by atoms with van der Waals surface area (Å²) in [6.45, 7) is 2.27. The van der Waals surface area contributed by atoms with Gasteiger partial charge in [0.15, 0.2) is 17.5 Å². The van der Waals surface area contributed by atoms with Gasteiger partial charge in [0.2, 0.25) is 5.91 Å². The van der Waals surface area contributed by atoms with Crippen LogP contribution in [0.25, 0.3) is 0 Å². The lowest BCUT2D eigenvalue weighted by Gasteiger charge is -2.64. The smallest absolute Gasteiger partial charge is 0.227 e. The first-order valence-electron chi connectivity index (χ1n) is 16.3. The second kappa shape index (κ2) is 12.8. The number of aromatic hydroxyl groups is 1. The minimum Gasteiger partial charge on any atom is -0.504 e. The molecule has 244 valence electrons. The topological polar surface area (TPSA) is 164 Å². The highest BCUT2D eigenvalue weighted by Crippen LogP contribution is 2.65. The van der Waals surface area contributed by atoms with E-state index in [0.717, 1.165) is 48.3 Å². The van der Waals surface area contributed by atoms with E-state index in [1.165, 1.54) is 0 Å². The number of rotatable bonds is 8. The number of para-hydroxylation sites is 1. The summed E-state index contributed by atoms with van der Waals surface area (Å²) < 4.78 is 6.62. The average Bonchev–Trinajstić information content (AvgIpc) is 3.40. The number of aliphatic hydroxyl groups is 1. The summed E-state index contributed by atoms with van der Waals surface area (Å²) >= 11 is 0. The van der Waals surface area contributed by atoms with Crippen LogP contribution in [-0.2, 0) is 23.1 Å². The Balaban J connectivity index is 0.000000471. The van der Waals surface area contributed by atoms with Crippen molar-refractivity contribution in [2.75, 3.05) is 32.4 Å². The Bertz CT molecular complexity index is 1570. The van der Waals surface area contributed by atoms with Crippen molar-refractivity contribution in [3.8, 4) is 11.5 Å². The summed E-state index contributed by atoms with van der Waals surface area (Å²) in [6, 6.07) is 22.7. The number of nitrogen functional groups attached to an aromatic ring is 1. The predicted octanol–water partition coefficient (Wildman–Crippen LogP) is 2.94. The highest BCUT2D eigenvalue weighted by Gasteiger charge is 2.73. The molecule has 1 saturated heterocycles. The summed E-state index contributed by atoms with van der Waals surface area (Å²) in [5.41, 5.74) is 18.5. The fourth-order valence-corrected chi connectivity index (χ4v) is 8.44. The number of carbonyl (C=O) groups is 1. The van der Waals surface area contributed by atoms with Crippen molar-refractivity contribution in [2.45, 2.75) is 74.1 Å². The van der Waals surface area contributed by atoms with Crippen LogP contribution in [0.2, 0.25) is 0 Å². The Labute approximate surface area is 270 Å². The summed E-state index contributed by atoms with van der Waals surface area (Å²) in [5.74, 6) is 0.749. The maximum atomic E-state index is 13.4. The zero-order valence-corrected chi connectivity index (χ0v) is 26.5. The number of unbranched alkanes of at least 4 members (excludes halogenated alkanes) is 1. The van der Waals surface area contributed by atoms with E-state index >= 15 is 0 Å². The molecule has 1 amide bonds. The first kappa shape index (κ1) is 31.7. The minimum absolute atomic E-state index is 0.0302. The van der Waals surface area contributed by atoms with Gasteiger partial charge in [0.25, 0.3) is 0 Å². The molecule has 0 radical (unpaired) electrons. The molecule has 10 heteroatoms. The predicted molar refractivity (Wildman–Crippen MR) is 180 cm³/mol. The van der Waals surface area contributed by atoms with Crippen LogP contribution in [0.5, 0.6) is 11.5 Å². The number of benzene rings is 3. The largest absolute Gasteiger partial charge is 0.504 e. The summed E-state index contributed by atoms with van der Waals surface area (Å²) in [7, 11) is 1.86. The van der Waals surface area contributed by atoms with E-state index in [2.05, 4.69) is 9.89 Å². The van der Waals surface area contributed by atoms with E-state index < -0.39 is 17.1 Å². The number of hydrogen-bond acceptors (Lipinski definition) is 7. The van der Waals surface area contributed by atoms with Gasteiger partial charge in [-0.05, 0) is 80.9 Å². The molecule has 7 rings (SSSR count). The Hall–Kier alpha value is -4.28. The van der Waals surface area contributed by atoms with Crippen molar-refractivity contribution in [1.82, 2.24) is 9.80 Å². The molecule has 2 heterocycles. The summed E-state index contributed by atoms with van der Waals surface area (Å²) in [6.07, 6.45) is 4.33. The van der Waals surface area contributed by atoms with Gasteiger partial charge in [-0.25, -0.2) is 0 Å². The number of anilines is 1. The lowest BCUT2D eigenvalue weighted by molar-refractivity contribution is -0.200. The van der Waals surface area contributed by atoms with Crippen LogP contribution in [0.3, 0.4) is 0 Å². The van der Waals surface area contributed by atoms with E-state index in [0.29, 0.717) is 44.4 Å². The Morgan fingerprint density at radius 1 is 1.04 bits per heavy atom. The molecular formula is C36H46N6O4. The number of likely N-dealkylation sites (tertiary alicyclic amines) is 1. The van der Waals surface area contributed by atoms with Crippen LogP contribution in [0.15, 0.2) is 77.8 Å². The maximum absolute atomic E-state index is 13.4. The molecule has 0 aromatic heterocycles. The molecule has 2 aliphatic heterocycles. The number of aliphatic imine (C=N–C) groups is 1. The normalized spacial score (nSPS) is 27.0. The van der Waals surface area contributed by atoms with Crippen molar-refractivity contribution in [3.05, 3.63) is 89.5 Å². The van der Waals surface area contributed by atoms with E-state index in [1.807, 2.05) is 78.7 Å². The quantitative estimate of drug-likeness (QED) is 0.110. The SMILES string of the molecule is CN(C(=O)Cc1ccccc1)C1CCC2(O)C3Cc4ccc(O)c5c4C2(CCN3CCCCN=C(N)N)C1O5.Nc1ccccc1. The summed E-state index contributed by atoms with van der Waals surface area (Å²) in [5, 5.41) is 23.5. The molecule has 1 saturated carbocycles. The number of phenolic OH excluding ortho intramolecular Hbond substituents is 1. The van der Waals surface area contributed by atoms with Gasteiger partial charge >= 0.3 is 0 Å². The number of ether oxygens (including phenoxy) is 1. The molecule has 10 nitrogen and oxygen atoms in total. The lowest BCUT2D eigenvalue weighted by Crippen LogP contribution is -2.78. The first-order chi connectivity index (χ1) is 22.2. The molecular weight excluding hydrogens is 580 g/mol. The Morgan fingerprint density at radius 3 is 2.43 bits per heavy atom. The molecule has 2 bridgehead atoms.